The van der Waals surface area contributed by atoms with E-state index in [1.807, 2.05) is 6.92 Å². The lowest BCUT2D eigenvalue weighted by Gasteiger charge is -2.49. The lowest BCUT2D eigenvalue weighted by Crippen LogP contribution is -2.58. The van der Waals surface area contributed by atoms with Crippen LogP contribution in [0.3, 0.4) is 0 Å². The van der Waals surface area contributed by atoms with Crippen molar-refractivity contribution in [2.24, 2.45) is 5.92 Å². The largest absolute Gasteiger partial charge is 0.477 e. The van der Waals surface area contributed by atoms with Crippen molar-refractivity contribution < 1.29 is 20.1 Å². The SMILES string of the molecule is CC(O)C1CN(/C(=C/c2cccc(CO)c2)C(=O)O)[C@@H]1C. The molecule has 0 bridgehead atoms. The van der Waals surface area contributed by atoms with Crippen LogP contribution >= 0.6 is 0 Å². The van der Waals surface area contributed by atoms with E-state index >= 15 is 0 Å². The smallest absolute Gasteiger partial charge is 0.352 e. The third kappa shape index (κ3) is 3.25. The lowest BCUT2D eigenvalue weighted by molar-refractivity contribution is -0.137. The Bertz CT molecular complexity index is 553. The molecule has 0 aromatic heterocycles. The number of carbonyl (C=O) groups is 1. The fourth-order valence-electron chi connectivity index (χ4n) is 2.72. The Morgan fingerprint density at radius 1 is 1.52 bits per heavy atom. The molecule has 1 aliphatic heterocycles. The number of rotatable bonds is 5. The Morgan fingerprint density at radius 2 is 2.24 bits per heavy atom. The number of likely N-dealkylation sites (tertiary alicyclic amines) is 1. The minimum atomic E-state index is -0.986. The molecule has 114 valence electrons. The van der Waals surface area contributed by atoms with E-state index in [1.54, 1.807) is 42.2 Å². The first-order chi connectivity index (χ1) is 9.93. The average Bonchev–Trinajstić information content (AvgIpc) is 2.44. The zero-order valence-electron chi connectivity index (χ0n) is 12.2. The highest BCUT2D eigenvalue weighted by molar-refractivity contribution is 5.91. The molecule has 1 aliphatic rings. The van der Waals surface area contributed by atoms with Gasteiger partial charge in [0, 0.05) is 18.5 Å². The summed E-state index contributed by atoms with van der Waals surface area (Å²) in [6, 6.07) is 7.13. The first kappa shape index (κ1) is 15.5. The zero-order chi connectivity index (χ0) is 15.6. The average molecular weight is 291 g/mol. The molecule has 0 aliphatic carbocycles. The van der Waals surface area contributed by atoms with Gasteiger partial charge in [-0.2, -0.15) is 0 Å². The predicted molar refractivity (Wildman–Crippen MR) is 79.3 cm³/mol. The number of hydrogen-bond donors (Lipinski definition) is 3. The second-order valence-electron chi connectivity index (χ2n) is 5.54. The number of benzene rings is 1. The summed E-state index contributed by atoms with van der Waals surface area (Å²) in [5.41, 5.74) is 1.70. The van der Waals surface area contributed by atoms with Crippen LogP contribution in [-0.2, 0) is 11.4 Å². The van der Waals surface area contributed by atoms with Gasteiger partial charge in [-0.15, -0.1) is 0 Å². The second-order valence-corrected chi connectivity index (χ2v) is 5.54. The summed E-state index contributed by atoms with van der Waals surface area (Å²) in [6.07, 6.45) is 1.17. The Hall–Kier alpha value is -1.85. The van der Waals surface area contributed by atoms with E-state index in [2.05, 4.69) is 0 Å². The van der Waals surface area contributed by atoms with Crippen LogP contribution in [0.2, 0.25) is 0 Å². The fourth-order valence-corrected chi connectivity index (χ4v) is 2.72. The maximum Gasteiger partial charge on any atom is 0.352 e. The van der Waals surface area contributed by atoms with E-state index in [9.17, 15) is 15.0 Å². The molecule has 2 unspecified atom stereocenters. The number of aliphatic hydroxyl groups excluding tert-OH is 2. The van der Waals surface area contributed by atoms with Gasteiger partial charge in [0.2, 0.25) is 0 Å². The molecule has 5 nitrogen and oxygen atoms in total. The molecular formula is C16H21NO4. The van der Waals surface area contributed by atoms with Gasteiger partial charge >= 0.3 is 5.97 Å². The summed E-state index contributed by atoms with van der Waals surface area (Å²) in [5.74, 6) is -0.892. The number of aliphatic carboxylic acids is 1. The minimum absolute atomic E-state index is 0.00613. The molecule has 0 saturated carbocycles. The fraction of sp³-hybridized carbons (Fsp3) is 0.438. The quantitative estimate of drug-likeness (QED) is 0.713. The molecule has 0 amide bonds. The van der Waals surface area contributed by atoms with Crippen LogP contribution in [-0.4, -0.2) is 44.9 Å². The van der Waals surface area contributed by atoms with Crippen LogP contribution in [0.25, 0.3) is 6.08 Å². The Morgan fingerprint density at radius 3 is 2.76 bits per heavy atom. The van der Waals surface area contributed by atoms with Crippen molar-refractivity contribution in [2.75, 3.05) is 6.54 Å². The standard InChI is InChI=1S/C16H21NO4/c1-10-14(11(2)19)8-17(10)15(16(20)21)7-12-4-3-5-13(6-12)9-18/h3-7,10-11,14,18-19H,8-9H2,1-2H3,(H,20,21)/b15-7+/t10-,11?,14?/m1/s1. The topological polar surface area (TPSA) is 81.0 Å². The predicted octanol–water partition coefficient (Wildman–Crippen LogP) is 1.31. The normalized spacial score (nSPS) is 23.6. The third-order valence-corrected chi connectivity index (χ3v) is 4.10. The molecular weight excluding hydrogens is 270 g/mol. The van der Waals surface area contributed by atoms with Crippen LogP contribution in [0.4, 0.5) is 0 Å². The van der Waals surface area contributed by atoms with Crippen LogP contribution in [0.15, 0.2) is 30.0 Å². The van der Waals surface area contributed by atoms with Gasteiger partial charge in [0.15, 0.2) is 0 Å². The number of aliphatic hydroxyl groups is 2. The van der Waals surface area contributed by atoms with E-state index in [0.717, 1.165) is 11.1 Å². The molecule has 5 heteroatoms. The van der Waals surface area contributed by atoms with Crippen LogP contribution in [0.1, 0.15) is 25.0 Å². The second kappa shape index (κ2) is 6.28. The van der Waals surface area contributed by atoms with Gasteiger partial charge in [0.25, 0.3) is 0 Å². The monoisotopic (exact) mass is 291 g/mol. The zero-order valence-corrected chi connectivity index (χ0v) is 12.2. The van der Waals surface area contributed by atoms with E-state index < -0.39 is 12.1 Å². The van der Waals surface area contributed by atoms with Crippen molar-refractivity contribution in [3.63, 3.8) is 0 Å². The molecule has 1 heterocycles. The van der Waals surface area contributed by atoms with Gasteiger partial charge in [0.05, 0.1) is 12.7 Å². The Balaban J connectivity index is 2.24. The van der Waals surface area contributed by atoms with Crippen LogP contribution in [0, 0.1) is 5.92 Å². The first-order valence-electron chi connectivity index (χ1n) is 7.03. The molecule has 1 aromatic carbocycles. The molecule has 2 rings (SSSR count). The van der Waals surface area contributed by atoms with Gasteiger partial charge in [-0.1, -0.05) is 18.2 Å². The van der Waals surface area contributed by atoms with Crippen LogP contribution < -0.4 is 0 Å². The summed E-state index contributed by atoms with van der Waals surface area (Å²) < 4.78 is 0. The Kier molecular flexibility index (Phi) is 4.65. The maximum atomic E-state index is 11.5. The van der Waals surface area contributed by atoms with Gasteiger partial charge in [-0.05, 0) is 37.1 Å². The number of carboxylic acid groups (broad SMARTS) is 1. The van der Waals surface area contributed by atoms with Crippen molar-refractivity contribution in [2.45, 2.75) is 32.6 Å². The molecule has 1 saturated heterocycles. The summed E-state index contributed by atoms with van der Waals surface area (Å²) >= 11 is 0. The lowest BCUT2D eigenvalue weighted by atomic mass is 9.85. The summed E-state index contributed by atoms with van der Waals surface area (Å²) in [4.78, 5) is 13.3. The van der Waals surface area contributed by atoms with Crippen molar-refractivity contribution in [1.82, 2.24) is 4.90 Å². The summed E-state index contributed by atoms with van der Waals surface area (Å²) in [7, 11) is 0. The summed E-state index contributed by atoms with van der Waals surface area (Å²) in [6.45, 7) is 4.11. The number of hydrogen-bond acceptors (Lipinski definition) is 4. The van der Waals surface area contributed by atoms with Crippen molar-refractivity contribution in [3.05, 3.63) is 41.1 Å². The maximum absolute atomic E-state index is 11.5. The number of nitrogens with zero attached hydrogens (tertiary/aromatic N) is 1. The molecule has 3 atom stereocenters. The highest BCUT2D eigenvalue weighted by atomic mass is 16.4. The molecule has 21 heavy (non-hydrogen) atoms. The highest BCUT2D eigenvalue weighted by Gasteiger charge is 2.40. The van der Waals surface area contributed by atoms with Gasteiger partial charge < -0.3 is 20.2 Å². The molecule has 3 N–H and O–H groups in total. The Labute approximate surface area is 124 Å². The first-order valence-corrected chi connectivity index (χ1v) is 7.03. The molecule has 0 spiro atoms. The molecule has 1 aromatic rings. The molecule has 1 fully saturated rings. The third-order valence-electron chi connectivity index (χ3n) is 4.10. The van der Waals surface area contributed by atoms with Gasteiger partial charge in [-0.3, -0.25) is 0 Å². The van der Waals surface area contributed by atoms with Gasteiger partial charge in [0.1, 0.15) is 5.70 Å². The van der Waals surface area contributed by atoms with Crippen molar-refractivity contribution in [1.29, 1.82) is 0 Å². The van der Waals surface area contributed by atoms with E-state index in [0.29, 0.717) is 6.54 Å². The summed E-state index contributed by atoms with van der Waals surface area (Å²) in [5, 5.41) is 28.2. The van der Waals surface area contributed by atoms with E-state index in [1.165, 1.54) is 0 Å². The molecule has 0 radical (unpaired) electrons. The van der Waals surface area contributed by atoms with Crippen molar-refractivity contribution >= 4 is 12.0 Å². The van der Waals surface area contributed by atoms with Gasteiger partial charge in [-0.25, -0.2) is 4.79 Å². The minimum Gasteiger partial charge on any atom is -0.477 e. The van der Waals surface area contributed by atoms with E-state index in [-0.39, 0.29) is 24.3 Å². The van der Waals surface area contributed by atoms with Crippen LogP contribution in [0.5, 0.6) is 0 Å². The van der Waals surface area contributed by atoms with Crippen molar-refractivity contribution in [3.8, 4) is 0 Å². The highest BCUT2D eigenvalue weighted by Crippen LogP contribution is 2.32. The van der Waals surface area contributed by atoms with E-state index in [4.69, 9.17) is 5.11 Å². The number of carboxylic acids is 1.